The molecule has 0 amide bonds. The monoisotopic (exact) mass is 334 g/mol. The minimum atomic E-state index is -0.179. The van der Waals surface area contributed by atoms with Crippen LogP contribution in [0.3, 0.4) is 0 Å². The molecule has 2 nitrogen and oxygen atoms in total. The van der Waals surface area contributed by atoms with E-state index in [1.165, 1.54) is 11.6 Å². The average Bonchev–Trinajstić information content (AvgIpc) is 2.48. The lowest BCUT2D eigenvalue weighted by Crippen LogP contribution is -2.46. The van der Waals surface area contributed by atoms with Crippen molar-refractivity contribution in [2.45, 2.75) is 6.04 Å². The predicted octanol–water partition coefficient (Wildman–Crippen LogP) is 3.74. The highest BCUT2D eigenvalue weighted by Crippen LogP contribution is 2.31. The molecule has 0 bridgehead atoms. The summed E-state index contributed by atoms with van der Waals surface area (Å²) in [5.74, 6) is -0.179. The number of benzene rings is 2. The Bertz CT molecular complexity index is 588. The molecule has 2 aromatic rings. The minimum Gasteiger partial charge on any atom is -0.360 e. The Balaban J connectivity index is 1.97. The van der Waals surface area contributed by atoms with Gasteiger partial charge in [-0.3, -0.25) is 0 Å². The Kier molecular flexibility index (Phi) is 4.03. The van der Waals surface area contributed by atoms with E-state index in [2.05, 4.69) is 38.3 Å². The molecule has 2 aromatic carbocycles. The van der Waals surface area contributed by atoms with Crippen LogP contribution in [0.15, 0.2) is 53.0 Å². The van der Waals surface area contributed by atoms with Gasteiger partial charge >= 0.3 is 0 Å². The van der Waals surface area contributed by atoms with Crippen LogP contribution < -0.4 is 10.2 Å². The Morgan fingerprint density at radius 2 is 1.95 bits per heavy atom. The lowest BCUT2D eigenvalue weighted by Gasteiger charge is -2.38. The van der Waals surface area contributed by atoms with E-state index in [-0.39, 0.29) is 11.9 Å². The number of rotatable bonds is 2. The fourth-order valence-corrected chi connectivity index (χ4v) is 3.01. The standard InChI is InChI=1S/C16H16BrFN2/c17-13-6-7-15(14(18)10-13)20-9-8-19-11-16(20)12-4-2-1-3-5-12/h1-7,10,16,19H,8-9,11H2. The summed E-state index contributed by atoms with van der Waals surface area (Å²) in [4.78, 5) is 2.15. The number of nitrogens with one attached hydrogen (secondary N) is 1. The molecule has 1 atom stereocenters. The maximum Gasteiger partial charge on any atom is 0.147 e. The van der Waals surface area contributed by atoms with Crippen molar-refractivity contribution in [2.24, 2.45) is 0 Å². The van der Waals surface area contributed by atoms with E-state index in [0.29, 0.717) is 5.69 Å². The molecule has 4 heteroatoms. The van der Waals surface area contributed by atoms with Gasteiger partial charge in [0, 0.05) is 24.1 Å². The van der Waals surface area contributed by atoms with Crippen molar-refractivity contribution in [1.82, 2.24) is 5.32 Å². The van der Waals surface area contributed by atoms with E-state index in [1.807, 2.05) is 30.3 Å². The first kappa shape index (κ1) is 13.6. The summed E-state index contributed by atoms with van der Waals surface area (Å²) in [5.41, 5.74) is 1.88. The maximum absolute atomic E-state index is 14.2. The summed E-state index contributed by atoms with van der Waals surface area (Å²) in [5, 5.41) is 3.39. The molecule has 0 aromatic heterocycles. The Morgan fingerprint density at radius 1 is 1.15 bits per heavy atom. The van der Waals surface area contributed by atoms with Crippen molar-refractivity contribution in [3.63, 3.8) is 0 Å². The highest BCUT2D eigenvalue weighted by molar-refractivity contribution is 9.10. The van der Waals surface area contributed by atoms with Crippen LogP contribution in [0.1, 0.15) is 11.6 Å². The van der Waals surface area contributed by atoms with Crippen molar-refractivity contribution in [2.75, 3.05) is 24.5 Å². The molecule has 1 aliphatic heterocycles. The summed E-state index contributed by atoms with van der Waals surface area (Å²) in [6.07, 6.45) is 0. The third-order valence-corrected chi connectivity index (χ3v) is 4.14. The highest BCUT2D eigenvalue weighted by Gasteiger charge is 2.25. The molecule has 0 saturated carbocycles. The zero-order valence-corrected chi connectivity index (χ0v) is 12.6. The summed E-state index contributed by atoms with van der Waals surface area (Å²) in [7, 11) is 0. The third kappa shape index (κ3) is 2.72. The lowest BCUT2D eigenvalue weighted by molar-refractivity contribution is 0.480. The fourth-order valence-electron chi connectivity index (χ4n) is 2.68. The second kappa shape index (κ2) is 5.94. The van der Waals surface area contributed by atoms with Crippen LogP contribution in [0.5, 0.6) is 0 Å². The quantitative estimate of drug-likeness (QED) is 0.899. The first-order valence-corrected chi connectivity index (χ1v) is 7.52. The molecule has 0 radical (unpaired) electrons. The highest BCUT2D eigenvalue weighted by atomic mass is 79.9. The average molecular weight is 335 g/mol. The third-order valence-electron chi connectivity index (χ3n) is 3.65. The molecular formula is C16H16BrFN2. The van der Waals surface area contributed by atoms with E-state index >= 15 is 0 Å². The van der Waals surface area contributed by atoms with Gasteiger partial charge in [0.1, 0.15) is 5.82 Å². The fraction of sp³-hybridized carbons (Fsp3) is 0.250. The van der Waals surface area contributed by atoms with Gasteiger partial charge in [-0.05, 0) is 23.8 Å². The molecule has 1 fully saturated rings. The molecule has 1 heterocycles. The molecule has 3 rings (SSSR count). The van der Waals surface area contributed by atoms with Crippen molar-refractivity contribution in [3.05, 3.63) is 64.4 Å². The van der Waals surface area contributed by atoms with Crippen molar-refractivity contribution >= 4 is 21.6 Å². The normalized spacial score (nSPS) is 19.1. The van der Waals surface area contributed by atoms with Gasteiger partial charge < -0.3 is 10.2 Å². The van der Waals surface area contributed by atoms with Gasteiger partial charge in [-0.25, -0.2) is 4.39 Å². The van der Waals surface area contributed by atoms with E-state index in [9.17, 15) is 4.39 Å². The van der Waals surface area contributed by atoms with Crippen LogP contribution >= 0.6 is 15.9 Å². The van der Waals surface area contributed by atoms with Gasteiger partial charge in [0.2, 0.25) is 0 Å². The van der Waals surface area contributed by atoms with E-state index in [1.54, 1.807) is 0 Å². The number of hydrogen-bond donors (Lipinski definition) is 1. The van der Waals surface area contributed by atoms with Crippen LogP contribution in [0, 0.1) is 5.82 Å². The van der Waals surface area contributed by atoms with Gasteiger partial charge in [0.05, 0.1) is 11.7 Å². The molecule has 0 aliphatic carbocycles. The van der Waals surface area contributed by atoms with Crippen LogP contribution in [0.2, 0.25) is 0 Å². The first-order valence-electron chi connectivity index (χ1n) is 6.73. The maximum atomic E-state index is 14.2. The van der Waals surface area contributed by atoms with E-state index in [0.717, 1.165) is 24.1 Å². The molecule has 1 aliphatic rings. The van der Waals surface area contributed by atoms with Crippen LogP contribution in [-0.2, 0) is 0 Å². The lowest BCUT2D eigenvalue weighted by atomic mass is 10.0. The summed E-state index contributed by atoms with van der Waals surface area (Å²) in [6.45, 7) is 2.51. The smallest absolute Gasteiger partial charge is 0.147 e. The summed E-state index contributed by atoms with van der Waals surface area (Å²) < 4.78 is 15.0. The Labute approximate surface area is 126 Å². The van der Waals surface area contributed by atoms with E-state index < -0.39 is 0 Å². The van der Waals surface area contributed by atoms with Crippen molar-refractivity contribution in [1.29, 1.82) is 0 Å². The molecule has 1 saturated heterocycles. The van der Waals surface area contributed by atoms with Gasteiger partial charge in [-0.15, -0.1) is 0 Å². The zero-order valence-electron chi connectivity index (χ0n) is 11.0. The van der Waals surface area contributed by atoms with Gasteiger partial charge in [0.15, 0.2) is 0 Å². The second-order valence-corrected chi connectivity index (χ2v) is 5.84. The number of nitrogens with zero attached hydrogens (tertiary/aromatic N) is 1. The van der Waals surface area contributed by atoms with Crippen LogP contribution in [-0.4, -0.2) is 19.6 Å². The number of halogens is 2. The zero-order chi connectivity index (χ0) is 13.9. The molecule has 0 spiro atoms. The SMILES string of the molecule is Fc1cc(Br)ccc1N1CCNCC1c1ccccc1. The molecule has 104 valence electrons. The van der Waals surface area contributed by atoms with Crippen LogP contribution in [0.4, 0.5) is 10.1 Å². The number of piperazine rings is 1. The number of anilines is 1. The minimum absolute atomic E-state index is 0.167. The van der Waals surface area contributed by atoms with Gasteiger partial charge in [-0.1, -0.05) is 46.3 Å². The first-order chi connectivity index (χ1) is 9.75. The Morgan fingerprint density at radius 3 is 2.70 bits per heavy atom. The molecule has 1 N–H and O–H groups in total. The largest absolute Gasteiger partial charge is 0.360 e. The summed E-state index contributed by atoms with van der Waals surface area (Å²) in [6, 6.07) is 15.7. The van der Waals surface area contributed by atoms with Crippen molar-refractivity contribution in [3.8, 4) is 0 Å². The van der Waals surface area contributed by atoms with Gasteiger partial charge in [-0.2, -0.15) is 0 Å². The van der Waals surface area contributed by atoms with Crippen LogP contribution in [0.25, 0.3) is 0 Å². The van der Waals surface area contributed by atoms with E-state index in [4.69, 9.17) is 0 Å². The molecule has 20 heavy (non-hydrogen) atoms. The second-order valence-electron chi connectivity index (χ2n) is 4.92. The van der Waals surface area contributed by atoms with Crippen molar-refractivity contribution < 1.29 is 4.39 Å². The molecular weight excluding hydrogens is 319 g/mol. The topological polar surface area (TPSA) is 15.3 Å². The predicted molar refractivity (Wildman–Crippen MR) is 83.5 cm³/mol. The molecule has 1 unspecified atom stereocenters. The van der Waals surface area contributed by atoms with Gasteiger partial charge in [0.25, 0.3) is 0 Å². The Hall–Kier alpha value is -1.39. The summed E-state index contributed by atoms with van der Waals surface area (Å²) >= 11 is 3.31. The number of hydrogen-bond acceptors (Lipinski definition) is 2.